The van der Waals surface area contributed by atoms with Crippen LogP contribution in [0.5, 0.6) is 0 Å². The highest BCUT2D eigenvalue weighted by molar-refractivity contribution is 8.18. The highest BCUT2D eigenvalue weighted by Gasteiger charge is 2.31. The second-order valence-electron chi connectivity index (χ2n) is 3.88. The Balaban J connectivity index is 1.93. The number of nitrogens with zero attached hydrogens (tertiary/aromatic N) is 2. The van der Waals surface area contributed by atoms with Gasteiger partial charge in [0, 0.05) is 6.20 Å². The maximum atomic E-state index is 11.4. The molecular formula is C12H8N2O3S. The van der Waals surface area contributed by atoms with Crippen LogP contribution in [0.2, 0.25) is 0 Å². The number of amidine groups is 1. The molecule has 5 nitrogen and oxygen atoms in total. The van der Waals surface area contributed by atoms with E-state index in [0.717, 1.165) is 23.0 Å². The molecule has 0 saturated heterocycles. The van der Waals surface area contributed by atoms with Crippen molar-refractivity contribution < 1.29 is 14.7 Å². The van der Waals surface area contributed by atoms with E-state index in [9.17, 15) is 9.59 Å². The van der Waals surface area contributed by atoms with Gasteiger partial charge in [-0.2, -0.15) is 0 Å². The van der Waals surface area contributed by atoms with Gasteiger partial charge in [-0.1, -0.05) is 18.2 Å². The molecular weight excluding hydrogens is 252 g/mol. The van der Waals surface area contributed by atoms with Crippen molar-refractivity contribution in [3.8, 4) is 0 Å². The molecule has 18 heavy (non-hydrogen) atoms. The molecule has 0 saturated carbocycles. The van der Waals surface area contributed by atoms with Crippen molar-refractivity contribution in [2.24, 2.45) is 4.99 Å². The van der Waals surface area contributed by atoms with Gasteiger partial charge in [-0.25, -0.2) is 9.79 Å². The number of hydrogen-bond donors (Lipinski definition) is 1. The van der Waals surface area contributed by atoms with Gasteiger partial charge in [0.15, 0.2) is 5.17 Å². The van der Waals surface area contributed by atoms with Crippen molar-refractivity contribution in [1.29, 1.82) is 0 Å². The van der Waals surface area contributed by atoms with Crippen molar-refractivity contribution in [3.63, 3.8) is 0 Å². The molecule has 0 bridgehead atoms. The van der Waals surface area contributed by atoms with E-state index in [4.69, 9.17) is 5.11 Å². The Labute approximate surface area is 107 Å². The number of carbonyl (C=O) groups is 2. The Hall–Kier alpha value is -2.08. The van der Waals surface area contributed by atoms with Gasteiger partial charge in [0.25, 0.3) is 5.78 Å². The van der Waals surface area contributed by atoms with Crippen molar-refractivity contribution in [1.82, 2.24) is 4.90 Å². The minimum atomic E-state index is -1.44. The summed E-state index contributed by atoms with van der Waals surface area (Å²) in [6.07, 6.45) is 1.55. The maximum Gasteiger partial charge on any atom is 0.377 e. The number of aliphatic imine (C=N–C) groups is 1. The van der Waals surface area contributed by atoms with Crippen LogP contribution < -0.4 is 0 Å². The van der Waals surface area contributed by atoms with Crippen LogP contribution in [0, 0.1) is 0 Å². The van der Waals surface area contributed by atoms with Crippen molar-refractivity contribution in [2.75, 3.05) is 0 Å². The molecule has 2 aliphatic rings. The normalized spacial score (nSPS) is 16.6. The van der Waals surface area contributed by atoms with E-state index in [-0.39, 0.29) is 4.91 Å². The molecule has 0 aliphatic carbocycles. The Morgan fingerprint density at radius 1 is 1.33 bits per heavy atom. The predicted molar refractivity (Wildman–Crippen MR) is 67.4 cm³/mol. The number of ketones is 1. The fourth-order valence-electron chi connectivity index (χ4n) is 1.83. The molecule has 2 aliphatic heterocycles. The average molecular weight is 260 g/mol. The molecule has 2 heterocycles. The number of carbonyl (C=O) groups excluding carboxylic acids is 1. The zero-order valence-electron chi connectivity index (χ0n) is 9.16. The van der Waals surface area contributed by atoms with E-state index >= 15 is 0 Å². The summed E-state index contributed by atoms with van der Waals surface area (Å²) in [4.78, 5) is 28.4. The topological polar surface area (TPSA) is 70.0 Å². The van der Waals surface area contributed by atoms with Crippen LogP contribution in [-0.4, -0.2) is 26.9 Å². The van der Waals surface area contributed by atoms with Crippen molar-refractivity contribution >= 4 is 34.4 Å². The molecule has 0 unspecified atom stereocenters. The third-order valence-electron chi connectivity index (χ3n) is 2.69. The van der Waals surface area contributed by atoms with Crippen LogP contribution in [0.3, 0.4) is 0 Å². The number of Topliss-reactive ketones (excluding diaryl/α,β-unsaturated/α-hetero) is 1. The van der Waals surface area contributed by atoms with E-state index in [1.807, 2.05) is 24.3 Å². The van der Waals surface area contributed by atoms with E-state index < -0.39 is 11.8 Å². The highest BCUT2D eigenvalue weighted by Crippen LogP contribution is 2.37. The Morgan fingerprint density at radius 2 is 2.11 bits per heavy atom. The first-order valence-electron chi connectivity index (χ1n) is 5.25. The number of aliphatic carboxylic acids is 1. The number of rotatable bonds is 2. The lowest BCUT2D eigenvalue weighted by atomic mass is 10.1. The third kappa shape index (κ3) is 1.70. The summed E-state index contributed by atoms with van der Waals surface area (Å²) in [5.41, 5.74) is 1.93. The Bertz CT molecular complexity index is 622. The molecule has 3 rings (SSSR count). The largest absolute Gasteiger partial charge is 0.475 e. The van der Waals surface area contributed by atoms with Crippen LogP contribution in [0.1, 0.15) is 5.56 Å². The molecule has 90 valence electrons. The smallest absolute Gasteiger partial charge is 0.377 e. The van der Waals surface area contributed by atoms with Crippen molar-refractivity contribution in [2.45, 2.75) is 6.54 Å². The molecule has 0 fully saturated rings. The summed E-state index contributed by atoms with van der Waals surface area (Å²) >= 11 is 1.10. The van der Waals surface area contributed by atoms with Crippen LogP contribution in [-0.2, 0) is 16.1 Å². The maximum absolute atomic E-state index is 11.4. The molecule has 6 heteroatoms. The fourth-order valence-corrected chi connectivity index (χ4v) is 2.77. The predicted octanol–water partition coefficient (Wildman–Crippen LogP) is 1.73. The van der Waals surface area contributed by atoms with Gasteiger partial charge in [-0.3, -0.25) is 4.79 Å². The highest BCUT2D eigenvalue weighted by atomic mass is 32.2. The van der Waals surface area contributed by atoms with Gasteiger partial charge < -0.3 is 10.0 Å². The summed E-state index contributed by atoms with van der Waals surface area (Å²) in [7, 11) is 0. The molecule has 1 N–H and O–H groups in total. The first-order valence-corrected chi connectivity index (χ1v) is 6.07. The second-order valence-corrected chi connectivity index (χ2v) is 4.89. The zero-order chi connectivity index (χ0) is 12.7. The van der Waals surface area contributed by atoms with E-state index in [1.54, 1.807) is 11.1 Å². The first kappa shape index (κ1) is 11.0. The molecule has 0 amide bonds. The van der Waals surface area contributed by atoms with Crippen molar-refractivity contribution in [3.05, 3.63) is 40.9 Å². The number of carboxylic acids is 1. The molecule has 1 aromatic carbocycles. The second kappa shape index (κ2) is 3.99. The zero-order valence-corrected chi connectivity index (χ0v) is 9.98. The Morgan fingerprint density at radius 3 is 2.89 bits per heavy atom. The minimum absolute atomic E-state index is 0.203. The van der Waals surface area contributed by atoms with E-state index in [2.05, 4.69) is 4.99 Å². The minimum Gasteiger partial charge on any atom is -0.475 e. The molecule has 0 radical (unpaired) electrons. The SMILES string of the molecule is O=C(O)C(=O)C1=CN2Cc3ccccc3N=C2S1. The number of fused-ring (bicyclic) bond motifs is 2. The van der Waals surface area contributed by atoms with Gasteiger partial charge in [-0.05, 0) is 23.4 Å². The number of thioether (sulfide) groups is 1. The lowest BCUT2D eigenvalue weighted by Crippen LogP contribution is -2.21. The Kier molecular flexibility index (Phi) is 2.45. The van der Waals surface area contributed by atoms with Gasteiger partial charge in [0.05, 0.1) is 17.1 Å². The molecule has 0 spiro atoms. The van der Waals surface area contributed by atoms with Gasteiger partial charge in [0.1, 0.15) is 0 Å². The molecule has 0 aromatic heterocycles. The number of hydrogen-bond acceptors (Lipinski definition) is 5. The quantitative estimate of drug-likeness (QED) is 0.820. The van der Waals surface area contributed by atoms with Crippen LogP contribution in [0.15, 0.2) is 40.4 Å². The third-order valence-corrected chi connectivity index (χ3v) is 3.71. The summed E-state index contributed by atoms with van der Waals surface area (Å²) in [6, 6.07) is 7.69. The summed E-state index contributed by atoms with van der Waals surface area (Å²) in [5.74, 6) is -2.33. The monoisotopic (exact) mass is 260 g/mol. The lowest BCUT2D eigenvalue weighted by Gasteiger charge is -2.22. The first-order chi connectivity index (χ1) is 8.65. The summed E-state index contributed by atoms with van der Waals surface area (Å²) < 4.78 is 0. The number of carboxylic acid groups (broad SMARTS) is 1. The van der Waals surface area contributed by atoms with Crippen LogP contribution in [0.4, 0.5) is 5.69 Å². The van der Waals surface area contributed by atoms with Gasteiger partial charge in [0.2, 0.25) is 0 Å². The van der Waals surface area contributed by atoms with E-state index in [1.165, 1.54) is 0 Å². The van der Waals surface area contributed by atoms with Crippen LogP contribution >= 0.6 is 11.8 Å². The van der Waals surface area contributed by atoms with Gasteiger partial charge in [-0.15, -0.1) is 0 Å². The average Bonchev–Trinajstić information content (AvgIpc) is 2.77. The number of benzene rings is 1. The van der Waals surface area contributed by atoms with E-state index in [0.29, 0.717) is 11.7 Å². The molecule has 1 aromatic rings. The lowest BCUT2D eigenvalue weighted by molar-refractivity contribution is -0.146. The fraction of sp³-hybridized carbons (Fsp3) is 0.0833. The summed E-state index contributed by atoms with van der Waals surface area (Å²) in [6.45, 7) is 0.610. The van der Waals surface area contributed by atoms with Gasteiger partial charge >= 0.3 is 5.97 Å². The summed E-state index contributed by atoms with van der Waals surface area (Å²) in [5, 5.41) is 9.34. The molecule has 0 atom stereocenters. The van der Waals surface area contributed by atoms with Crippen LogP contribution in [0.25, 0.3) is 0 Å². The number of para-hydroxylation sites is 1. The standard InChI is InChI=1S/C12H8N2O3S/c15-10(11(16)17)9-6-14-5-7-3-1-2-4-8(7)13-12(14)18-9/h1-4,6H,5H2,(H,16,17).